The number of carbonyl (C=O) groups is 1. The Morgan fingerprint density at radius 2 is 1.38 bits per heavy atom. The van der Waals surface area contributed by atoms with E-state index in [1.54, 1.807) is 6.08 Å². The van der Waals surface area contributed by atoms with Crippen molar-refractivity contribution in [2.75, 3.05) is 19.8 Å². The predicted octanol–water partition coefficient (Wildman–Crippen LogP) is 7.60. The summed E-state index contributed by atoms with van der Waals surface area (Å²) in [5, 5.41) is 13.4. The molecule has 8 nitrogen and oxygen atoms in total. The Kier molecular flexibility index (Phi) is 28.0. The second-order valence-electron chi connectivity index (χ2n) is 10.3. The molecule has 3 atom stereocenters. The van der Waals surface area contributed by atoms with Crippen molar-refractivity contribution in [3.63, 3.8) is 0 Å². The lowest BCUT2D eigenvalue weighted by molar-refractivity contribution is -0.122. The van der Waals surface area contributed by atoms with Crippen LogP contribution in [0, 0.1) is 0 Å². The van der Waals surface area contributed by atoms with Crippen LogP contribution in [-0.2, 0) is 18.4 Å². The quantitative estimate of drug-likeness (QED) is 0.0408. The number of phosphoric ester groups is 1. The van der Waals surface area contributed by atoms with E-state index in [2.05, 4.69) is 55.6 Å². The Labute approximate surface area is 255 Å². The molecule has 0 saturated carbocycles. The SMILES string of the molecule is CC/C=C\C/C=C\C/C=C\C/C=C\CCC(=O)NC(COP(=O)(O)OCCN)C(O)/C=C/CCCCCCCCCC. The van der Waals surface area contributed by atoms with Crippen molar-refractivity contribution >= 4 is 13.7 Å². The van der Waals surface area contributed by atoms with E-state index in [1.165, 1.54) is 38.5 Å². The molecule has 3 unspecified atom stereocenters. The lowest BCUT2D eigenvalue weighted by atomic mass is 10.1. The first-order valence-corrected chi connectivity index (χ1v) is 17.4. The highest BCUT2D eigenvalue weighted by atomic mass is 31.2. The predicted molar refractivity (Wildman–Crippen MR) is 175 cm³/mol. The van der Waals surface area contributed by atoms with E-state index in [0.717, 1.165) is 44.9 Å². The van der Waals surface area contributed by atoms with E-state index in [9.17, 15) is 19.4 Å². The second-order valence-corrected chi connectivity index (χ2v) is 11.7. The molecule has 0 aliphatic heterocycles. The van der Waals surface area contributed by atoms with E-state index < -0.39 is 20.0 Å². The number of aliphatic hydroxyl groups is 1. The van der Waals surface area contributed by atoms with Crippen LogP contribution in [0.4, 0.5) is 0 Å². The molecule has 0 aromatic carbocycles. The number of carbonyl (C=O) groups excluding carboxylic acids is 1. The molecule has 0 fully saturated rings. The summed E-state index contributed by atoms with van der Waals surface area (Å²) >= 11 is 0. The molecule has 0 spiro atoms. The summed E-state index contributed by atoms with van der Waals surface area (Å²) in [6, 6.07) is -0.897. The van der Waals surface area contributed by atoms with Gasteiger partial charge in [-0.2, -0.15) is 0 Å². The topological polar surface area (TPSA) is 131 Å². The highest BCUT2D eigenvalue weighted by molar-refractivity contribution is 7.47. The van der Waals surface area contributed by atoms with Gasteiger partial charge in [0.25, 0.3) is 0 Å². The molecular formula is C33H59N2O6P. The van der Waals surface area contributed by atoms with E-state index in [-0.39, 0.29) is 32.1 Å². The summed E-state index contributed by atoms with van der Waals surface area (Å²) < 4.78 is 21.9. The molecule has 5 N–H and O–H groups in total. The number of rotatable bonds is 28. The minimum atomic E-state index is -4.34. The van der Waals surface area contributed by atoms with Gasteiger partial charge >= 0.3 is 7.82 Å². The zero-order valence-electron chi connectivity index (χ0n) is 26.2. The fraction of sp³-hybridized carbons (Fsp3) is 0.667. The van der Waals surface area contributed by atoms with Crippen LogP contribution in [-0.4, -0.2) is 47.8 Å². The van der Waals surface area contributed by atoms with Gasteiger partial charge in [-0.1, -0.05) is 120 Å². The van der Waals surface area contributed by atoms with Gasteiger partial charge in [-0.15, -0.1) is 0 Å². The maximum absolute atomic E-state index is 12.6. The van der Waals surface area contributed by atoms with Crippen molar-refractivity contribution in [3.05, 3.63) is 60.8 Å². The normalized spacial score (nSPS) is 15.5. The summed E-state index contributed by atoms with van der Waals surface area (Å²) in [5.74, 6) is -0.280. The molecule has 0 aromatic rings. The zero-order valence-corrected chi connectivity index (χ0v) is 27.1. The highest BCUT2D eigenvalue weighted by Crippen LogP contribution is 2.43. The first-order valence-electron chi connectivity index (χ1n) is 15.9. The van der Waals surface area contributed by atoms with Crippen LogP contribution in [0.25, 0.3) is 0 Å². The third-order valence-electron chi connectivity index (χ3n) is 6.36. The summed E-state index contributed by atoms with van der Waals surface area (Å²) in [5.41, 5.74) is 5.32. The average Bonchev–Trinajstić information content (AvgIpc) is 2.97. The van der Waals surface area contributed by atoms with Gasteiger partial charge in [0.1, 0.15) is 0 Å². The van der Waals surface area contributed by atoms with Crippen molar-refractivity contribution in [1.29, 1.82) is 0 Å². The van der Waals surface area contributed by atoms with Gasteiger partial charge in [-0.3, -0.25) is 13.8 Å². The largest absolute Gasteiger partial charge is 0.472 e. The standard InChI is InChI=1S/C33H59N2O6P/c1-3-5-7-9-11-13-15-16-17-19-21-23-25-27-33(37)35-31(30-41-42(38,39)40-29-28-34)32(36)26-24-22-20-18-14-12-10-8-6-4-2/h5,7,11,13,16-17,21,23-24,26,31-32,36H,3-4,6,8-10,12,14-15,18-20,22,25,27-30,34H2,1-2H3,(H,35,37)(H,38,39)/b7-5-,13-11-,17-16-,23-21-,26-24+. The molecule has 1 amide bonds. The smallest absolute Gasteiger partial charge is 0.387 e. The number of nitrogens with one attached hydrogen (secondary N) is 1. The fourth-order valence-corrected chi connectivity index (χ4v) is 4.72. The summed E-state index contributed by atoms with van der Waals surface area (Å²) in [7, 11) is -4.34. The van der Waals surface area contributed by atoms with Crippen LogP contribution in [0.3, 0.4) is 0 Å². The molecule has 0 aliphatic rings. The summed E-state index contributed by atoms with van der Waals surface area (Å²) in [6.07, 6.45) is 34.3. The highest BCUT2D eigenvalue weighted by Gasteiger charge is 2.26. The van der Waals surface area contributed by atoms with Gasteiger partial charge in [0.15, 0.2) is 0 Å². The van der Waals surface area contributed by atoms with Crippen LogP contribution in [0.5, 0.6) is 0 Å². The molecule has 242 valence electrons. The molecule has 0 saturated heterocycles. The Balaban J connectivity index is 4.59. The van der Waals surface area contributed by atoms with Gasteiger partial charge in [-0.05, 0) is 44.9 Å². The number of phosphoric acid groups is 1. The lowest BCUT2D eigenvalue weighted by Gasteiger charge is -2.23. The number of nitrogens with two attached hydrogens (primary N) is 1. The monoisotopic (exact) mass is 610 g/mol. The molecule has 9 heteroatoms. The van der Waals surface area contributed by atoms with Crippen molar-refractivity contribution < 1.29 is 28.4 Å². The molecule has 0 radical (unpaired) electrons. The minimum Gasteiger partial charge on any atom is -0.387 e. The molecule has 42 heavy (non-hydrogen) atoms. The maximum Gasteiger partial charge on any atom is 0.472 e. The minimum absolute atomic E-state index is 0.0650. The molecular weight excluding hydrogens is 551 g/mol. The Hall–Kier alpha value is -1.80. The zero-order chi connectivity index (χ0) is 31.2. The number of hydrogen-bond donors (Lipinski definition) is 4. The van der Waals surface area contributed by atoms with E-state index >= 15 is 0 Å². The van der Waals surface area contributed by atoms with Crippen LogP contribution < -0.4 is 11.1 Å². The van der Waals surface area contributed by atoms with E-state index in [0.29, 0.717) is 6.42 Å². The average molecular weight is 611 g/mol. The van der Waals surface area contributed by atoms with Gasteiger partial charge in [0, 0.05) is 13.0 Å². The number of allylic oxidation sites excluding steroid dienone is 9. The third kappa shape index (κ3) is 27.1. The number of hydrogen-bond acceptors (Lipinski definition) is 6. The number of aliphatic hydroxyl groups excluding tert-OH is 1. The second kappa shape index (κ2) is 29.3. The van der Waals surface area contributed by atoms with Crippen molar-refractivity contribution in [1.82, 2.24) is 5.32 Å². The summed E-state index contributed by atoms with van der Waals surface area (Å²) in [4.78, 5) is 22.4. The Morgan fingerprint density at radius 1 is 0.810 bits per heavy atom. The number of unbranched alkanes of at least 4 members (excludes halogenated alkanes) is 8. The molecule has 0 heterocycles. The lowest BCUT2D eigenvalue weighted by Crippen LogP contribution is -2.45. The van der Waals surface area contributed by atoms with Crippen molar-refractivity contribution in [2.24, 2.45) is 5.73 Å². The first-order chi connectivity index (χ1) is 20.4. The van der Waals surface area contributed by atoms with Crippen LogP contribution >= 0.6 is 7.82 Å². The van der Waals surface area contributed by atoms with Gasteiger partial charge < -0.3 is 21.1 Å². The van der Waals surface area contributed by atoms with E-state index in [1.807, 2.05) is 18.2 Å². The maximum atomic E-state index is 12.6. The van der Waals surface area contributed by atoms with Crippen LogP contribution in [0.1, 0.15) is 110 Å². The van der Waals surface area contributed by atoms with Gasteiger partial charge in [-0.25, -0.2) is 4.57 Å². The van der Waals surface area contributed by atoms with Gasteiger partial charge in [0.05, 0.1) is 25.4 Å². The van der Waals surface area contributed by atoms with Crippen molar-refractivity contribution in [3.8, 4) is 0 Å². The number of amides is 1. The van der Waals surface area contributed by atoms with Crippen molar-refractivity contribution in [2.45, 2.75) is 122 Å². The fourth-order valence-electron chi connectivity index (χ4n) is 3.96. The van der Waals surface area contributed by atoms with E-state index in [4.69, 9.17) is 14.8 Å². The Morgan fingerprint density at radius 3 is 1.98 bits per heavy atom. The Bertz CT molecular complexity index is 840. The molecule has 0 bridgehead atoms. The molecule has 0 rings (SSSR count). The summed E-state index contributed by atoms with van der Waals surface area (Å²) in [6.45, 7) is 3.89. The third-order valence-corrected chi connectivity index (χ3v) is 7.35. The first kappa shape index (κ1) is 40.2. The molecule has 0 aliphatic carbocycles. The molecule has 0 aromatic heterocycles. The van der Waals surface area contributed by atoms with Gasteiger partial charge in [0.2, 0.25) is 5.91 Å². The van der Waals surface area contributed by atoms with Crippen LogP contribution in [0.2, 0.25) is 0 Å². The van der Waals surface area contributed by atoms with Crippen LogP contribution in [0.15, 0.2) is 60.8 Å².